The molecule has 1 unspecified atom stereocenters. The van der Waals surface area contributed by atoms with Gasteiger partial charge in [-0.1, -0.05) is 11.6 Å². The molecular weight excluding hydrogens is 333 g/mol. The van der Waals surface area contributed by atoms with Crippen molar-refractivity contribution in [1.29, 1.82) is 0 Å². The van der Waals surface area contributed by atoms with Crippen LogP contribution >= 0.6 is 11.6 Å². The number of aliphatic imine (C=N–C) groups is 1. The lowest BCUT2D eigenvalue weighted by molar-refractivity contribution is -0.0875. The summed E-state index contributed by atoms with van der Waals surface area (Å²) in [6.07, 6.45) is -0.164. The predicted octanol–water partition coefficient (Wildman–Crippen LogP) is 1.68. The molecule has 0 amide bonds. The Morgan fingerprint density at radius 1 is 1.52 bits per heavy atom. The van der Waals surface area contributed by atoms with E-state index in [4.69, 9.17) is 17.3 Å². The first kappa shape index (κ1) is 16.1. The fourth-order valence-corrected chi connectivity index (χ4v) is 2.67. The van der Waals surface area contributed by atoms with Crippen LogP contribution in [0.2, 0.25) is 5.15 Å². The molecule has 1 aliphatic carbocycles. The number of allylic oxidation sites excluding steroid dienone is 1. The molecule has 1 aromatic heterocycles. The predicted molar refractivity (Wildman–Crippen MR) is 79.6 cm³/mol. The molecule has 10 heteroatoms. The molecule has 1 atom stereocenters. The van der Waals surface area contributed by atoms with Crippen LogP contribution in [0.25, 0.3) is 0 Å². The van der Waals surface area contributed by atoms with Crippen LogP contribution in [0.3, 0.4) is 0 Å². The SMILES string of the molecule is CNC1=C(C(F)(F)F)C=NC(N)(c2cnn(CC3CC3)c2Cl)N1. The van der Waals surface area contributed by atoms with Crippen molar-refractivity contribution in [2.75, 3.05) is 7.05 Å². The van der Waals surface area contributed by atoms with Crippen LogP contribution in [0.15, 0.2) is 22.6 Å². The normalized spacial score (nSPS) is 24.8. The van der Waals surface area contributed by atoms with Crippen LogP contribution in [-0.4, -0.2) is 29.2 Å². The Balaban J connectivity index is 1.91. The fourth-order valence-electron chi connectivity index (χ4n) is 2.37. The molecule has 126 valence electrons. The summed E-state index contributed by atoms with van der Waals surface area (Å²) in [5, 5.41) is 9.47. The monoisotopic (exact) mass is 348 g/mol. The van der Waals surface area contributed by atoms with Crippen molar-refractivity contribution in [1.82, 2.24) is 20.4 Å². The Labute approximate surface area is 135 Å². The highest BCUT2D eigenvalue weighted by Gasteiger charge is 2.42. The Morgan fingerprint density at radius 3 is 2.78 bits per heavy atom. The Bertz CT molecular complexity index is 676. The molecule has 1 aliphatic heterocycles. The molecule has 6 nitrogen and oxygen atoms in total. The molecule has 3 rings (SSSR count). The fraction of sp³-hybridized carbons (Fsp3) is 0.538. The van der Waals surface area contributed by atoms with Gasteiger partial charge in [-0.05, 0) is 18.8 Å². The van der Waals surface area contributed by atoms with Gasteiger partial charge in [0.25, 0.3) is 0 Å². The lowest BCUT2D eigenvalue weighted by atomic mass is 10.1. The number of alkyl halides is 3. The molecule has 2 aliphatic rings. The van der Waals surface area contributed by atoms with Gasteiger partial charge in [-0.3, -0.25) is 10.4 Å². The van der Waals surface area contributed by atoms with Gasteiger partial charge in [-0.25, -0.2) is 4.99 Å². The average molecular weight is 349 g/mol. The maximum absolute atomic E-state index is 13.0. The van der Waals surface area contributed by atoms with Gasteiger partial charge in [0.1, 0.15) is 16.5 Å². The summed E-state index contributed by atoms with van der Waals surface area (Å²) in [5.41, 5.74) is 5.52. The standard InChI is InChI=1S/C13H16ClF3N6/c1-19-11-9(12(15,16)17)4-20-13(18,22-11)8-5-21-23(10(8)14)6-7-2-3-7/h4-5,7,19,22H,2-3,6,18H2,1H3. The van der Waals surface area contributed by atoms with Gasteiger partial charge in [0, 0.05) is 19.8 Å². The van der Waals surface area contributed by atoms with Crippen LogP contribution < -0.4 is 16.4 Å². The molecule has 0 spiro atoms. The van der Waals surface area contributed by atoms with Crippen molar-refractivity contribution in [3.05, 3.63) is 28.3 Å². The summed E-state index contributed by atoms with van der Waals surface area (Å²) in [6.45, 7) is 0.668. The van der Waals surface area contributed by atoms with Crippen LogP contribution in [0.1, 0.15) is 18.4 Å². The van der Waals surface area contributed by atoms with Crippen molar-refractivity contribution < 1.29 is 13.2 Å². The second-order valence-corrected chi connectivity index (χ2v) is 6.02. The molecule has 0 bridgehead atoms. The molecule has 23 heavy (non-hydrogen) atoms. The van der Waals surface area contributed by atoms with E-state index in [-0.39, 0.29) is 11.0 Å². The largest absolute Gasteiger partial charge is 0.421 e. The van der Waals surface area contributed by atoms with Gasteiger partial charge in [0.15, 0.2) is 0 Å². The zero-order chi connectivity index (χ0) is 16.8. The highest BCUT2D eigenvalue weighted by Crippen LogP contribution is 2.35. The third-order valence-electron chi connectivity index (χ3n) is 3.85. The summed E-state index contributed by atoms with van der Waals surface area (Å²) in [5.74, 6) is -1.33. The quantitative estimate of drug-likeness (QED) is 0.773. The minimum absolute atomic E-state index is 0.263. The number of aromatic nitrogens is 2. The molecule has 1 saturated carbocycles. The lowest BCUT2D eigenvalue weighted by Crippen LogP contribution is -2.53. The van der Waals surface area contributed by atoms with Crippen molar-refractivity contribution in [2.24, 2.45) is 16.6 Å². The summed E-state index contributed by atoms with van der Waals surface area (Å²) in [6, 6.07) is 0. The second kappa shape index (κ2) is 5.41. The van der Waals surface area contributed by atoms with E-state index in [0.717, 1.165) is 12.8 Å². The number of nitrogens with two attached hydrogens (primary N) is 1. The molecule has 0 saturated heterocycles. The zero-order valence-corrected chi connectivity index (χ0v) is 13.0. The molecule has 0 aromatic carbocycles. The number of hydrogen-bond acceptors (Lipinski definition) is 5. The lowest BCUT2D eigenvalue weighted by Gasteiger charge is -2.32. The smallest absolute Gasteiger partial charge is 0.374 e. The van der Waals surface area contributed by atoms with Crippen LogP contribution in [-0.2, 0) is 12.3 Å². The van der Waals surface area contributed by atoms with E-state index in [1.54, 1.807) is 4.68 Å². The van der Waals surface area contributed by atoms with E-state index in [9.17, 15) is 13.2 Å². The number of hydrogen-bond donors (Lipinski definition) is 3. The van der Waals surface area contributed by atoms with Crippen molar-refractivity contribution in [2.45, 2.75) is 31.3 Å². The summed E-state index contributed by atoms with van der Waals surface area (Å²) in [7, 11) is 1.37. The van der Waals surface area contributed by atoms with Crippen molar-refractivity contribution >= 4 is 17.8 Å². The number of nitrogens with zero attached hydrogens (tertiary/aromatic N) is 3. The first-order valence-corrected chi connectivity index (χ1v) is 7.45. The van der Waals surface area contributed by atoms with E-state index >= 15 is 0 Å². The zero-order valence-electron chi connectivity index (χ0n) is 12.3. The van der Waals surface area contributed by atoms with Gasteiger partial charge in [0.2, 0.25) is 5.79 Å². The maximum atomic E-state index is 13.0. The number of nitrogens with one attached hydrogen (secondary N) is 2. The van der Waals surface area contributed by atoms with Crippen LogP contribution in [0.4, 0.5) is 13.2 Å². The molecule has 1 fully saturated rings. The minimum atomic E-state index is -4.55. The van der Waals surface area contributed by atoms with Gasteiger partial charge in [0.05, 0.1) is 11.8 Å². The molecule has 0 radical (unpaired) electrons. The first-order chi connectivity index (χ1) is 10.7. The molecular formula is C13H16ClF3N6. The van der Waals surface area contributed by atoms with E-state index < -0.39 is 17.5 Å². The highest BCUT2D eigenvalue weighted by atomic mass is 35.5. The topological polar surface area (TPSA) is 80.3 Å². The molecule has 4 N–H and O–H groups in total. The van der Waals surface area contributed by atoms with Crippen LogP contribution in [0, 0.1) is 5.92 Å². The van der Waals surface area contributed by atoms with E-state index in [1.165, 1.54) is 13.2 Å². The second-order valence-electron chi connectivity index (χ2n) is 5.66. The van der Waals surface area contributed by atoms with E-state index in [1.807, 2.05) is 0 Å². The highest BCUT2D eigenvalue weighted by molar-refractivity contribution is 6.30. The Kier molecular flexibility index (Phi) is 3.80. The molecule has 1 aromatic rings. The average Bonchev–Trinajstić information content (AvgIpc) is 3.21. The summed E-state index contributed by atoms with van der Waals surface area (Å²) >= 11 is 6.28. The van der Waals surface area contributed by atoms with Crippen molar-refractivity contribution in [3.63, 3.8) is 0 Å². The van der Waals surface area contributed by atoms with Gasteiger partial charge >= 0.3 is 6.18 Å². The number of halogens is 4. The van der Waals surface area contributed by atoms with Gasteiger partial charge in [-0.2, -0.15) is 18.3 Å². The third kappa shape index (κ3) is 3.02. The van der Waals surface area contributed by atoms with Gasteiger partial charge in [-0.15, -0.1) is 0 Å². The van der Waals surface area contributed by atoms with Crippen LogP contribution in [0.5, 0.6) is 0 Å². The summed E-state index contributed by atoms with van der Waals surface area (Å²) in [4.78, 5) is 3.83. The third-order valence-corrected chi connectivity index (χ3v) is 4.25. The Morgan fingerprint density at radius 2 is 2.22 bits per heavy atom. The first-order valence-electron chi connectivity index (χ1n) is 7.08. The van der Waals surface area contributed by atoms with Gasteiger partial charge < -0.3 is 10.6 Å². The minimum Gasteiger partial charge on any atom is -0.374 e. The Hall–Kier alpha value is -1.74. The molecule has 2 heterocycles. The number of rotatable bonds is 4. The van der Waals surface area contributed by atoms with E-state index in [2.05, 4.69) is 20.7 Å². The summed E-state index contributed by atoms with van der Waals surface area (Å²) < 4.78 is 40.5. The van der Waals surface area contributed by atoms with Crippen molar-refractivity contribution in [3.8, 4) is 0 Å². The maximum Gasteiger partial charge on any atom is 0.421 e. The van der Waals surface area contributed by atoms with E-state index in [0.29, 0.717) is 24.2 Å².